The number of aliphatic imine (C=N–C) groups is 1. The Balaban J connectivity index is 0.00000363. The summed E-state index contributed by atoms with van der Waals surface area (Å²) in [6.07, 6.45) is 0.854. The highest BCUT2D eigenvalue weighted by Crippen LogP contribution is 2.32. The normalized spacial score (nSPS) is 13.5. The van der Waals surface area contributed by atoms with Gasteiger partial charge in [0.1, 0.15) is 0 Å². The molecule has 0 aliphatic carbocycles. The zero-order valence-electron chi connectivity index (χ0n) is 18.4. The predicted octanol–water partition coefficient (Wildman–Crippen LogP) is 4.13. The van der Waals surface area contributed by atoms with Crippen LogP contribution < -0.4 is 25.8 Å². The van der Waals surface area contributed by atoms with Crippen molar-refractivity contribution in [1.82, 2.24) is 5.32 Å². The molecule has 0 unspecified atom stereocenters. The van der Waals surface area contributed by atoms with Crippen molar-refractivity contribution in [3.63, 3.8) is 0 Å². The summed E-state index contributed by atoms with van der Waals surface area (Å²) in [6, 6.07) is 15.9. The molecule has 0 saturated heterocycles. The minimum atomic E-state index is -0.738. The van der Waals surface area contributed by atoms with E-state index in [-0.39, 0.29) is 36.4 Å². The van der Waals surface area contributed by atoms with Crippen LogP contribution in [0.1, 0.15) is 20.3 Å². The van der Waals surface area contributed by atoms with Crippen LogP contribution in [0.15, 0.2) is 58.4 Å². The number of anilines is 1. The van der Waals surface area contributed by atoms with E-state index >= 15 is 0 Å². The van der Waals surface area contributed by atoms with Crippen LogP contribution in [0.5, 0.6) is 11.5 Å². The van der Waals surface area contributed by atoms with E-state index in [9.17, 15) is 4.79 Å². The Morgan fingerprint density at radius 1 is 1.12 bits per heavy atom. The van der Waals surface area contributed by atoms with Crippen LogP contribution in [-0.2, 0) is 4.79 Å². The van der Waals surface area contributed by atoms with E-state index in [1.807, 2.05) is 36.4 Å². The van der Waals surface area contributed by atoms with Gasteiger partial charge in [0.2, 0.25) is 5.91 Å². The van der Waals surface area contributed by atoms with Gasteiger partial charge in [-0.25, -0.2) is 0 Å². The molecule has 1 heterocycles. The van der Waals surface area contributed by atoms with Gasteiger partial charge in [0.05, 0.1) is 25.2 Å². The lowest BCUT2D eigenvalue weighted by Gasteiger charge is -2.19. The molecular weight excluding hydrogens is 539 g/mol. The summed E-state index contributed by atoms with van der Waals surface area (Å²) >= 11 is 1.76. The number of nitrogens with two attached hydrogens (primary N) is 1. The molecule has 2 aromatic rings. The van der Waals surface area contributed by atoms with Crippen molar-refractivity contribution >= 4 is 53.3 Å². The average molecular weight is 570 g/mol. The van der Waals surface area contributed by atoms with Gasteiger partial charge in [-0.1, -0.05) is 18.2 Å². The van der Waals surface area contributed by atoms with Crippen molar-refractivity contribution in [2.45, 2.75) is 25.2 Å². The number of amides is 1. The molecule has 7 nitrogen and oxygen atoms in total. The summed E-state index contributed by atoms with van der Waals surface area (Å²) in [5, 5.41) is 6.64. The number of carbonyl (C=O) groups is 1. The van der Waals surface area contributed by atoms with E-state index in [0.717, 1.165) is 23.6 Å². The number of halogens is 1. The maximum atomic E-state index is 11.7. The Kier molecular flexibility index (Phi) is 10.4. The van der Waals surface area contributed by atoms with Crippen LogP contribution in [0.4, 0.5) is 5.69 Å². The lowest BCUT2D eigenvalue weighted by atomic mass is 9.93. The molecule has 0 radical (unpaired) electrons. The molecule has 1 aliphatic rings. The molecule has 4 N–H and O–H groups in total. The molecule has 1 aliphatic heterocycles. The summed E-state index contributed by atoms with van der Waals surface area (Å²) in [4.78, 5) is 17.5. The van der Waals surface area contributed by atoms with E-state index in [4.69, 9.17) is 15.2 Å². The summed E-state index contributed by atoms with van der Waals surface area (Å²) in [5.74, 6) is 2.51. The lowest BCUT2D eigenvalue weighted by molar-refractivity contribution is -0.125. The first kappa shape index (κ1) is 26.1. The quantitative estimate of drug-likeness (QED) is 0.145. The number of primary amides is 1. The Morgan fingerprint density at radius 3 is 2.56 bits per heavy atom. The maximum absolute atomic E-state index is 11.7. The van der Waals surface area contributed by atoms with E-state index in [1.54, 1.807) is 25.6 Å². The Hall–Kier alpha value is -2.14. The van der Waals surface area contributed by atoms with E-state index < -0.39 is 5.41 Å². The number of fused-ring (bicyclic) bond motifs is 1. The Labute approximate surface area is 210 Å². The first-order valence-corrected chi connectivity index (χ1v) is 11.4. The van der Waals surface area contributed by atoms with Crippen molar-refractivity contribution < 1.29 is 14.3 Å². The molecule has 9 heteroatoms. The molecule has 0 spiro atoms. The fourth-order valence-corrected chi connectivity index (χ4v) is 3.52. The number of nitrogens with one attached hydrogen (secondary N) is 2. The molecule has 2 aromatic carbocycles. The molecule has 0 fully saturated rings. The molecule has 0 bridgehead atoms. The van der Waals surface area contributed by atoms with Crippen molar-refractivity contribution in [1.29, 1.82) is 0 Å². The Bertz CT molecular complexity index is 909. The number of carbonyl (C=O) groups excluding carboxylic acids is 1. The summed E-state index contributed by atoms with van der Waals surface area (Å²) in [7, 11) is 0. The molecule has 0 saturated carbocycles. The fraction of sp³-hybridized carbons (Fsp3) is 0.391. The van der Waals surface area contributed by atoms with Gasteiger partial charge in [-0.15, -0.1) is 35.7 Å². The monoisotopic (exact) mass is 570 g/mol. The summed E-state index contributed by atoms with van der Waals surface area (Å²) in [6.45, 7) is 5.82. The van der Waals surface area contributed by atoms with Crippen molar-refractivity contribution in [3.8, 4) is 11.5 Å². The zero-order valence-corrected chi connectivity index (χ0v) is 21.6. The minimum absolute atomic E-state index is 0. The first-order chi connectivity index (χ1) is 14.9. The van der Waals surface area contributed by atoms with E-state index in [2.05, 4.69) is 27.8 Å². The van der Waals surface area contributed by atoms with E-state index in [1.165, 1.54) is 4.90 Å². The highest BCUT2D eigenvalue weighted by Gasteiger charge is 2.24. The second-order valence-electron chi connectivity index (χ2n) is 7.84. The van der Waals surface area contributed by atoms with Gasteiger partial charge in [-0.2, -0.15) is 0 Å². The number of hydrogen-bond donors (Lipinski definition) is 3. The van der Waals surface area contributed by atoms with Crippen LogP contribution in [0.25, 0.3) is 0 Å². The lowest BCUT2D eigenvalue weighted by Crippen LogP contribution is -2.37. The van der Waals surface area contributed by atoms with Gasteiger partial charge in [0.15, 0.2) is 17.5 Å². The third-order valence-corrected chi connectivity index (χ3v) is 5.73. The SMILES string of the molecule is CC(C)(CN=C(NCCSc1ccccc1)Nc1ccc2c(c1)OCCCO2)C(N)=O.I. The largest absolute Gasteiger partial charge is 0.490 e. The van der Waals surface area contributed by atoms with Gasteiger partial charge in [0.25, 0.3) is 0 Å². The van der Waals surface area contributed by atoms with Crippen LogP contribution in [0, 0.1) is 5.41 Å². The smallest absolute Gasteiger partial charge is 0.224 e. The predicted molar refractivity (Wildman–Crippen MR) is 142 cm³/mol. The number of rotatable bonds is 8. The van der Waals surface area contributed by atoms with Crippen molar-refractivity contribution in [2.75, 3.05) is 37.4 Å². The van der Waals surface area contributed by atoms with Gasteiger partial charge in [-0.05, 0) is 38.1 Å². The number of thioether (sulfide) groups is 1. The molecule has 174 valence electrons. The van der Waals surface area contributed by atoms with E-state index in [0.29, 0.717) is 31.5 Å². The van der Waals surface area contributed by atoms with Gasteiger partial charge in [-0.3, -0.25) is 9.79 Å². The zero-order chi connectivity index (χ0) is 22.1. The van der Waals surface area contributed by atoms with Crippen molar-refractivity contribution in [3.05, 3.63) is 48.5 Å². The third-order valence-electron chi connectivity index (χ3n) is 4.72. The second-order valence-corrected chi connectivity index (χ2v) is 9.01. The molecule has 1 amide bonds. The molecular formula is C23H31IN4O3S. The highest BCUT2D eigenvalue weighted by molar-refractivity contribution is 14.0. The second kappa shape index (κ2) is 12.8. The van der Waals surface area contributed by atoms with Gasteiger partial charge in [0, 0.05) is 35.4 Å². The fourth-order valence-electron chi connectivity index (χ4n) is 2.73. The summed E-state index contributed by atoms with van der Waals surface area (Å²) < 4.78 is 11.5. The number of ether oxygens (including phenoxy) is 2. The van der Waals surface area contributed by atoms with Crippen LogP contribution in [-0.4, -0.2) is 43.9 Å². The van der Waals surface area contributed by atoms with Crippen molar-refractivity contribution in [2.24, 2.45) is 16.1 Å². The number of benzene rings is 2. The topological polar surface area (TPSA) is 98.0 Å². The molecule has 0 aromatic heterocycles. The number of hydrogen-bond acceptors (Lipinski definition) is 5. The molecule has 0 atom stereocenters. The third kappa shape index (κ3) is 8.09. The first-order valence-electron chi connectivity index (χ1n) is 10.4. The van der Waals surface area contributed by atoms with Crippen LogP contribution in [0.3, 0.4) is 0 Å². The highest BCUT2D eigenvalue weighted by atomic mass is 127. The number of guanidine groups is 1. The standard InChI is InChI=1S/C23H30N4O3S.HI/c1-23(2,21(24)28)16-26-22(25-11-14-31-18-7-4-3-5-8-18)27-17-9-10-19-20(15-17)30-13-6-12-29-19;/h3-5,7-10,15H,6,11-14,16H2,1-2H3,(H2,24,28)(H2,25,26,27);1H. The number of nitrogens with zero attached hydrogens (tertiary/aromatic N) is 1. The minimum Gasteiger partial charge on any atom is -0.490 e. The molecule has 3 rings (SSSR count). The van der Waals surface area contributed by atoms with Gasteiger partial charge < -0.3 is 25.8 Å². The van der Waals surface area contributed by atoms with Crippen LogP contribution in [0.2, 0.25) is 0 Å². The summed E-state index contributed by atoms with van der Waals surface area (Å²) in [5.41, 5.74) is 5.59. The van der Waals surface area contributed by atoms with Crippen LogP contribution >= 0.6 is 35.7 Å². The maximum Gasteiger partial charge on any atom is 0.224 e. The Morgan fingerprint density at radius 2 is 1.84 bits per heavy atom. The molecule has 32 heavy (non-hydrogen) atoms. The van der Waals surface area contributed by atoms with Gasteiger partial charge >= 0.3 is 0 Å². The average Bonchev–Trinajstić information content (AvgIpc) is 3.00.